The van der Waals surface area contributed by atoms with E-state index < -0.39 is 0 Å². The SMILES string of the molecule is CCN(CCCNC(=NC)NCCc1nc2ccccc2[nH]1)c1ccccc1. The van der Waals surface area contributed by atoms with Crippen molar-refractivity contribution in [2.75, 3.05) is 38.1 Å². The highest BCUT2D eigenvalue weighted by atomic mass is 15.2. The van der Waals surface area contributed by atoms with Crippen molar-refractivity contribution in [3.63, 3.8) is 0 Å². The normalized spacial score (nSPS) is 11.6. The van der Waals surface area contributed by atoms with Crippen molar-refractivity contribution in [1.82, 2.24) is 20.6 Å². The summed E-state index contributed by atoms with van der Waals surface area (Å²) >= 11 is 0. The second-order valence-corrected chi connectivity index (χ2v) is 6.65. The molecule has 0 saturated carbocycles. The number of hydrogen-bond acceptors (Lipinski definition) is 3. The Morgan fingerprint density at radius 3 is 2.54 bits per heavy atom. The number of H-pyrrole nitrogens is 1. The molecule has 3 N–H and O–H groups in total. The highest BCUT2D eigenvalue weighted by Gasteiger charge is 2.05. The third kappa shape index (κ3) is 5.49. The molecule has 6 nitrogen and oxygen atoms in total. The molecule has 0 fully saturated rings. The van der Waals surface area contributed by atoms with Crippen LogP contribution in [0.15, 0.2) is 59.6 Å². The van der Waals surface area contributed by atoms with Gasteiger partial charge in [-0.2, -0.15) is 0 Å². The molecule has 0 spiro atoms. The van der Waals surface area contributed by atoms with Gasteiger partial charge in [-0.15, -0.1) is 0 Å². The largest absolute Gasteiger partial charge is 0.372 e. The van der Waals surface area contributed by atoms with Gasteiger partial charge in [0, 0.05) is 45.3 Å². The van der Waals surface area contributed by atoms with Crippen LogP contribution in [0.5, 0.6) is 0 Å². The third-order valence-corrected chi connectivity index (χ3v) is 4.72. The number of aliphatic imine (C=N–C) groups is 1. The Morgan fingerprint density at radius 2 is 1.79 bits per heavy atom. The topological polar surface area (TPSA) is 68.3 Å². The van der Waals surface area contributed by atoms with Gasteiger partial charge in [0.15, 0.2) is 5.96 Å². The Bertz CT molecular complexity index is 838. The molecule has 0 bridgehead atoms. The maximum absolute atomic E-state index is 4.61. The molecular weight excluding hydrogens is 348 g/mol. The molecule has 3 rings (SSSR count). The van der Waals surface area contributed by atoms with E-state index in [4.69, 9.17) is 0 Å². The van der Waals surface area contributed by atoms with Gasteiger partial charge in [0.25, 0.3) is 0 Å². The molecule has 28 heavy (non-hydrogen) atoms. The van der Waals surface area contributed by atoms with Crippen LogP contribution in [0.4, 0.5) is 5.69 Å². The van der Waals surface area contributed by atoms with Crippen LogP contribution in [0.25, 0.3) is 11.0 Å². The van der Waals surface area contributed by atoms with Crippen molar-refractivity contribution in [2.45, 2.75) is 19.8 Å². The molecule has 0 unspecified atom stereocenters. The average molecular weight is 379 g/mol. The Morgan fingerprint density at radius 1 is 1.04 bits per heavy atom. The number of guanidine groups is 1. The molecule has 6 heteroatoms. The zero-order valence-electron chi connectivity index (χ0n) is 16.8. The van der Waals surface area contributed by atoms with Crippen LogP contribution in [-0.2, 0) is 6.42 Å². The van der Waals surface area contributed by atoms with Gasteiger partial charge < -0.3 is 20.5 Å². The number of anilines is 1. The standard InChI is InChI=1S/C22H30N6/c1-3-28(18-10-5-4-6-11-18)17-9-15-24-22(23-2)25-16-14-21-26-19-12-7-8-13-20(19)27-21/h4-8,10-13H,3,9,14-17H2,1-2H3,(H,26,27)(H2,23,24,25). The number of rotatable bonds is 9. The predicted molar refractivity (Wildman–Crippen MR) is 118 cm³/mol. The van der Waals surface area contributed by atoms with Crippen molar-refractivity contribution in [2.24, 2.45) is 4.99 Å². The van der Waals surface area contributed by atoms with E-state index in [0.717, 1.165) is 61.8 Å². The molecule has 1 heterocycles. The molecule has 0 aliphatic carbocycles. The van der Waals surface area contributed by atoms with E-state index >= 15 is 0 Å². The van der Waals surface area contributed by atoms with Crippen LogP contribution in [0.2, 0.25) is 0 Å². The van der Waals surface area contributed by atoms with E-state index in [2.05, 4.69) is 73.8 Å². The zero-order valence-corrected chi connectivity index (χ0v) is 16.8. The van der Waals surface area contributed by atoms with E-state index in [0.29, 0.717) is 0 Å². The Kier molecular flexibility index (Phi) is 7.29. The summed E-state index contributed by atoms with van der Waals surface area (Å²) in [6, 6.07) is 18.7. The maximum Gasteiger partial charge on any atom is 0.190 e. The van der Waals surface area contributed by atoms with E-state index in [-0.39, 0.29) is 0 Å². The molecule has 3 aromatic rings. The number of imidazole rings is 1. The highest BCUT2D eigenvalue weighted by Crippen LogP contribution is 2.12. The molecule has 0 amide bonds. The first-order valence-electron chi connectivity index (χ1n) is 9.98. The Labute approximate surface area is 167 Å². The fourth-order valence-electron chi connectivity index (χ4n) is 3.23. The van der Waals surface area contributed by atoms with E-state index in [1.54, 1.807) is 7.05 Å². The summed E-state index contributed by atoms with van der Waals surface area (Å²) in [5.74, 6) is 1.82. The molecular formula is C22H30N6. The highest BCUT2D eigenvalue weighted by molar-refractivity contribution is 5.79. The van der Waals surface area contributed by atoms with Gasteiger partial charge in [-0.25, -0.2) is 4.98 Å². The number of benzene rings is 2. The molecule has 148 valence electrons. The van der Waals surface area contributed by atoms with Gasteiger partial charge in [0.1, 0.15) is 5.82 Å². The summed E-state index contributed by atoms with van der Waals surface area (Å²) in [6.45, 7) is 5.88. The summed E-state index contributed by atoms with van der Waals surface area (Å²) in [5.41, 5.74) is 3.37. The quantitative estimate of drug-likeness (QED) is 0.304. The minimum atomic E-state index is 0.782. The van der Waals surface area contributed by atoms with Crippen LogP contribution in [0.1, 0.15) is 19.2 Å². The fraction of sp³-hybridized carbons (Fsp3) is 0.364. The van der Waals surface area contributed by atoms with Gasteiger partial charge in [-0.3, -0.25) is 4.99 Å². The number of para-hydroxylation sites is 3. The first kappa shape index (κ1) is 19.7. The molecule has 0 saturated heterocycles. The number of aromatic nitrogens is 2. The molecule has 2 aromatic carbocycles. The van der Waals surface area contributed by atoms with Crippen LogP contribution in [0.3, 0.4) is 0 Å². The van der Waals surface area contributed by atoms with Crippen molar-refractivity contribution in [3.05, 3.63) is 60.4 Å². The van der Waals surface area contributed by atoms with Crippen LogP contribution in [-0.4, -0.2) is 49.2 Å². The van der Waals surface area contributed by atoms with Gasteiger partial charge in [0.2, 0.25) is 0 Å². The predicted octanol–water partition coefficient (Wildman–Crippen LogP) is 3.19. The second-order valence-electron chi connectivity index (χ2n) is 6.65. The lowest BCUT2D eigenvalue weighted by Gasteiger charge is -2.23. The number of nitrogens with zero attached hydrogens (tertiary/aromatic N) is 3. The molecule has 0 aliphatic rings. The number of aromatic amines is 1. The number of nitrogens with one attached hydrogen (secondary N) is 3. The van der Waals surface area contributed by atoms with E-state index in [1.807, 2.05) is 18.2 Å². The lowest BCUT2D eigenvalue weighted by Crippen LogP contribution is -2.39. The smallest absolute Gasteiger partial charge is 0.190 e. The number of hydrogen-bond donors (Lipinski definition) is 3. The van der Waals surface area contributed by atoms with Crippen LogP contribution >= 0.6 is 0 Å². The Hall–Kier alpha value is -3.02. The van der Waals surface area contributed by atoms with E-state index in [9.17, 15) is 0 Å². The minimum Gasteiger partial charge on any atom is -0.372 e. The van der Waals surface area contributed by atoms with Gasteiger partial charge in [0.05, 0.1) is 11.0 Å². The van der Waals surface area contributed by atoms with E-state index in [1.165, 1.54) is 5.69 Å². The van der Waals surface area contributed by atoms with Crippen molar-refractivity contribution < 1.29 is 0 Å². The second kappa shape index (κ2) is 10.3. The lowest BCUT2D eigenvalue weighted by molar-refractivity contribution is 0.705. The third-order valence-electron chi connectivity index (χ3n) is 4.72. The first-order chi connectivity index (χ1) is 13.8. The molecule has 0 atom stereocenters. The fourth-order valence-corrected chi connectivity index (χ4v) is 3.23. The van der Waals surface area contributed by atoms with Crippen LogP contribution < -0.4 is 15.5 Å². The molecule has 1 aromatic heterocycles. The first-order valence-corrected chi connectivity index (χ1v) is 9.98. The number of fused-ring (bicyclic) bond motifs is 1. The maximum atomic E-state index is 4.61. The minimum absolute atomic E-state index is 0.782. The Balaban J connectivity index is 1.37. The average Bonchev–Trinajstić information content (AvgIpc) is 3.16. The summed E-state index contributed by atoms with van der Waals surface area (Å²) in [6.07, 6.45) is 1.88. The lowest BCUT2D eigenvalue weighted by atomic mass is 10.2. The molecule has 0 aliphatic heterocycles. The van der Waals surface area contributed by atoms with Crippen LogP contribution in [0, 0.1) is 0 Å². The summed E-state index contributed by atoms with van der Waals surface area (Å²) in [7, 11) is 1.80. The van der Waals surface area contributed by atoms with Gasteiger partial charge in [-0.05, 0) is 37.6 Å². The molecule has 0 radical (unpaired) electrons. The summed E-state index contributed by atoms with van der Waals surface area (Å²) < 4.78 is 0. The zero-order chi connectivity index (χ0) is 19.6. The van der Waals surface area contributed by atoms with Gasteiger partial charge >= 0.3 is 0 Å². The summed E-state index contributed by atoms with van der Waals surface area (Å²) in [5, 5.41) is 6.76. The van der Waals surface area contributed by atoms with Gasteiger partial charge in [-0.1, -0.05) is 30.3 Å². The van der Waals surface area contributed by atoms with Crippen molar-refractivity contribution in [1.29, 1.82) is 0 Å². The summed E-state index contributed by atoms with van der Waals surface area (Å²) in [4.78, 5) is 14.7. The monoisotopic (exact) mass is 378 g/mol. The van der Waals surface area contributed by atoms with Crippen molar-refractivity contribution in [3.8, 4) is 0 Å². The van der Waals surface area contributed by atoms with Crippen molar-refractivity contribution >= 4 is 22.7 Å².